The van der Waals surface area contributed by atoms with Crippen molar-refractivity contribution in [2.24, 2.45) is 0 Å². The third-order valence-corrected chi connectivity index (χ3v) is 2.68. The zero-order valence-electron chi connectivity index (χ0n) is 10.9. The fraction of sp³-hybridized carbons (Fsp3) is 0.308. The molecule has 0 radical (unpaired) electrons. The molecule has 0 spiro atoms. The number of nitro benzene ring substituents is 1. The molecule has 106 valence electrons. The van der Waals surface area contributed by atoms with Crippen molar-refractivity contribution in [3.05, 3.63) is 46.2 Å². The Labute approximate surface area is 114 Å². The zero-order chi connectivity index (χ0) is 14.5. The highest BCUT2D eigenvalue weighted by Crippen LogP contribution is 2.30. The maximum Gasteiger partial charge on any atom is 0.283 e. The first kappa shape index (κ1) is 14.1. The van der Waals surface area contributed by atoms with E-state index in [1.165, 1.54) is 12.3 Å². The van der Waals surface area contributed by atoms with Crippen molar-refractivity contribution in [1.82, 2.24) is 10.3 Å². The van der Waals surface area contributed by atoms with Gasteiger partial charge in [-0.05, 0) is 25.1 Å². The molecule has 20 heavy (non-hydrogen) atoms. The summed E-state index contributed by atoms with van der Waals surface area (Å²) in [6.07, 6.45) is 2.39. The van der Waals surface area contributed by atoms with Gasteiger partial charge in [-0.1, -0.05) is 6.92 Å². The van der Waals surface area contributed by atoms with E-state index in [4.69, 9.17) is 4.42 Å². The van der Waals surface area contributed by atoms with Gasteiger partial charge in [0.25, 0.3) is 5.69 Å². The molecular formula is C13H14FN3O3. The number of nitrogens with one attached hydrogen (secondary N) is 1. The van der Waals surface area contributed by atoms with Crippen LogP contribution in [0, 0.1) is 15.9 Å². The first-order valence-electron chi connectivity index (χ1n) is 6.21. The van der Waals surface area contributed by atoms with Crippen molar-refractivity contribution >= 4 is 5.69 Å². The Kier molecular flexibility index (Phi) is 4.41. The number of oxazole rings is 1. The van der Waals surface area contributed by atoms with E-state index in [0.717, 1.165) is 25.1 Å². The lowest BCUT2D eigenvalue weighted by atomic mass is 10.1. The van der Waals surface area contributed by atoms with E-state index in [1.807, 2.05) is 6.92 Å². The van der Waals surface area contributed by atoms with Gasteiger partial charge >= 0.3 is 0 Å². The Morgan fingerprint density at radius 1 is 1.50 bits per heavy atom. The van der Waals surface area contributed by atoms with Crippen LogP contribution in [0.3, 0.4) is 0 Å². The maximum absolute atomic E-state index is 13.1. The lowest BCUT2D eigenvalue weighted by Crippen LogP contribution is -2.13. The molecule has 1 N–H and O–H groups in total. The number of aromatic nitrogens is 1. The summed E-state index contributed by atoms with van der Waals surface area (Å²) >= 11 is 0. The minimum Gasteiger partial charge on any atom is -0.439 e. The molecule has 7 heteroatoms. The van der Waals surface area contributed by atoms with Gasteiger partial charge in [0.15, 0.2) is 5.76 Å². The third kappa shape index (κ3) is 3.18. The fourth-order valence-corrected chi connectivity index (χ4v) is 1.75. The van der Waals surface area contributed by atoms with Gasteiger partial charge in [0.05, 0.1) is 29.3 Å². The Bertz CT molecular complexity index is 613. The van der Waals surface area contributed by atoms with Gasteiger partial charge in [0.2, 0.25) is 5.89 Å². The standard InChI is InChI=1S/C13H14FN3O3/c1-2-5-15-8-13-16-7-12(20-13)10-4-3-9(14)6-11(10)17(18)19/h3-4,6-7,15H,2,5,8H2,1H3. The number of rotatable bonds is 6. The largest absolute Gasteiger partial charge is 0.439 e. The van der Waals surface area contributed by atoms with E-state index in [-0.39, 0.29) is 17.0 Å². The predicted molar refractivity (Wildman–Crippen MR) is 70.5 cm³/mol. The summed E-state index contributed by atoms with van der Waals surface area (Å²) in [5.74, 6) is 0.0295. The van der Waals surface area contributed by atoms with Crippen LogP contribution in [0.4, 0.5) is 10.1 Å². The van der Waals surface area contributed by atoms with Crippen molar-refractivity contribution in [3.63, 3.8) is 0 Å². The molecule has 0 saturated heterocycles. The maximum atomic E-state index is 13.1. The molecule has 2 rings (SSSR count). The summed E-state index contributed by atoms with van der Waals surface area (Å²) in [7, 11) is 0. The highest BCUT2D eigenvalue weighted by molar-refractivity contribution is 5.68. The first-order valence-corrected chi connectivity index (χ1v) is 6.21. The minimum absolute atomic E-state index is 0.214. The van der Waals surface area contributed by atoms with Gasteiger partial charge < -0.3 is 9.73 Å². The van der Waals surface area contributed by atoms with Crippen molar-refractivity contribution in [1.29, 1.82) is 0 Å². The van der Waals surface area contributed by atoms with Crippen molar-refractivity contribution < 1.29 is 13.7 Å². The van der Waals surface area contributed by atoms with E-state index in [2.05, 4.69) is 10.3 Å². The smallest absolute Gasteiger partial charge is 0.283 e. The van der Waals surface area contributed by atoms with Gasteiger partial charge in [0, 0.05) is 0 Å². The van der Waals surface area contributed by atoms with E-state index >= 15 is 0 Å². The summed E-state index contributed by atoms with van der Waals surface area (Å²) in [6.45, 7) is 3.31. The fourth-order valence-electron chi connectivity index (χ4n) is 1.75. The van der Waals surface area contributed by atoms with Gasteiger partial charge in [0.1, 0.15) is 5.82 Å². The van der Waals surface area contributed by atoms with E-state index < -0.39 is 10.7 Å². The van der Waals surface area contributed by atoms with E-state index in [0.29, 0.717) is 12.4 Å². The normalized spacial score (nSPS) is 10.7. The molecule has 0 aliphatic rings. The molecule has 0 fully saturated rings. The number of benzene rings is 1. The number of hydrogen-bond acceptors (Lipinski definition) is 5. The summed E-state index contributed by atoms with van der Waals surface area (Å²) in [5.41, 5.74) is -0.125. The Balaban J connectivity index is 2.25. The van der Waals surface area contributed by atoms with Crippen LogP contribution in [0.15, 0.2) is 28.8 Å². The molecule has 1 aromatic heterocycles. The van der Waals surface area contributed by atoms with E-state index in [1.54, 1.807) is 0 Å². The van der Waals surface area contributed by atoms with Crippen LogP contribution in [-0.4, -0.2) is 16.5 Å². The number of nitrogens with zero attached hydrogens (tertiary/aromatic N) is 2. The van der Waals surface area contributed by atoms with Gasteiger partial charge in [-0.3, -0.25) is 10.1 Å². The molecular weight excluding hydrogens is 265 g/mol. The van der Waals surface area contributed by atoms with Crippen LogP contribution >= 0.6 is 0 Å². The predicted octanol–water partition coefficient (Wildman–Crippen LogP) is 2.89. The van der Waals surface area contributed by atoms with Crippen LogP contribution in [0.5, 0.6) is 0 Å². The molecule has 0 bridgehead atoms. The minimum atomic E-state index is -0.662. The van der Waals surface area contributed by atoms with Crippen molar-refractivity contribution in [2.75, 3.05) is 6.54 Å². The summed E-state index contributed by atoms with van der Waals surface area (Å²) in [6, 6.07) is 3.34. The average molecular weight is 279 g/mol. The second-order valence-electron chi connectivity index (χ2n) is 4.21. The highest BCUT2D eigenvalue weighted by atomic mass is 19.1. The highest BCUT2D eigenvalue weighted by Gasteiger charge is 2.19. The third-order valence-electron chi connectivity index (χ3n) is 2.68. The number of halogens is 1. The Morgan fingerprint density at radius 3 is 3.00 bits per heavy atom. The summed E-state index contributed by atoms with van der Waals surface area (Å²) in [5, 5.41) is 14.0. The van der Waals surface area contributed by atoms with Gasteiger partial charge in [-0.15, -0.1) is 0 Å². The molecule has 1 heterocycles. The topological polar surface area (TPSA) is 81.2 Å². The van der Waals surface area contributed by atoms with Crippen LogP contribution in [0.2, 0.25) is 0 Å². The second kappa shape index (κ2) is 6.25. The summed E-state index contributed by atoms with van der Waals surface area (Å²) < 4.78 is 18.5. The summed E-state index contributed by atoms with van der Waals surface area (Å²) in [4.78, 5) is 14.3. The molecule has 0 atom stereocenters. The van der Waals surface area contributed by atoms with Crippen LogP contribution in [-0.2, 0) is 6.54 Å². The SMILES string of the molecule is CCCNCc1ncc(-c2ccc(F)cc2[N+](=O)[O-])o1. The van der Waals surface area contributed by atoms with Gasteiger partial charge in [-0.2, -0.15) is 0 Å². The molecule has 0 unspecified atom stereocenters. The molecule has 0 aliphatic carbocycles. The molecule has 0 amide bonds. The van der Waals surface area contributed by atoms with Gasteiger partial charge in [-0.25, -0.2) is 9.37 Å². The quantitative estimate of drug-likeness (QED) is 0.499. The lowest BCUT2D eigenvalue weighted by Gasteiger charge is -2.00. The zero-order valence-corrected chi connectivity index (χ0v) is 10.9. The molecule has 2 aromatic rings. The average Bonchev–Trinajstić information content (AvgIpc) is 2.87. The molecule has 0 aliphatic heterocycles. The van der Waals surface area contributed by atoms with Crippen molar-refractivity contribution in [3.8, 4) is 11.3 Å². The van der Waals surface area contributed by atoms with Crippen LogP contribution in [0.25, 0.3) is 11.3 Å². The Morgan fingerprint density at radius 2 is 2.30 bits per heavy atom. The van der Waals surface area contributed by atoms with Crippen LogP contribution in [0.1, 0.15) is 19.2 Å². The second-order valence-corrected chi connectivity index (χ2v) is 4.21. The lowest BCUT2D eigenvalue weighted by molar-refractivity contribution is -0.384. The molecule has 6 nitrogen and oxygen atoms in total. The number of hydrogen-bond donors (Lipinski definition) is 1. The van der Waals surface area contributed by atoms with Crippen LogP contribution < -0.4 is 5.32 Å². The number of nitro groups is 1. The van der Waals surface area contributed by atoms with Crippen molar-refractivity contribution in [2.45, 2.75) is 19.9 Å². The Hall–Kier alpha value is -2.28. The molecule has 1 aromatic carbocycles. The van der Waals surface area contributed by atoms with E-state index in [9.17, 15) is 14.5 Å². The monoisotopic (exact) mass is 279 g/mol. The molecule has 0 saturated carbocycles. The first-order chi connectivity index (χ1) is 9.61.